The highest BCUT2D eigenvalue weighted by Gasteiger charge is 2.53. The molecule has 0 aromatic carbocycles. The monoisotopic (exact) mass is 328 g/mol. The first kappa shape index (κ1) is 15.0. The minimum atomic E-state index is 0.0513. The van der Waals surface area contributed by atoms with E-state index < -0.39 is 0 Å². The number of rotatable bonds is 1. The fourth-order valence-electron chi connectivity index (χ4n) is 7.12. The van der Waals surface area contributed by atoms with Crippen LogP contribution < -0.4 is 0 Å². The average Bonchev–Trinajstić information content (AvgIpc) is 3.26. The summed E-state index contributed by atoms with van der Waals surface area (Å²) in [5.41, 5.74) is 0. The Kier molecular flexibility index (Phi) is 3.50. The van der Waals surface area contributed by atoms with E-state index in [4.69, 9.17) is 4.74 Å². The number of esters is 1. The van der Waals surface area contributed by atoms with Crippen molar-refractivity contribution >= 4 is 5.97 Å². The molecule has 4 heteroatoms. The van der Waals surface area contributed by atoms with Crippen molar-refractivity contribution < 1.29 is 9.53 Å². The normalized spacial score (nSPS) is 43.3. The average molecular weight is 328 g/mol. The molecule has 2 heterocycles. The molecule has 3 aliphatic carbocycles. The van der Waals surface area contributed by atoms with Crippen LogP contribution in [0, 0.1) is 35.5 Å². The van der Waals surface area contributed by atoms with E-state index in [1.54, 1.807) is 7.11 Å². The minimum absolute atomic E-state index is 0.0513. The lowest BCUT2D eigenvalue weighted by molar-refractivity contribution is -0.148. The summed E-state index contributed by atoms with van der Waals surface area (Å²) in [5.74, 6) is 5.47. The molecule has 7 atom stereocenters. The quantitative estimate of drug-likeness (QED) is 0.740. The van der Waals surface area contributed by atoms with Crippen molar-refractivity contribution in [1.82, 2.24) is 9.55 Å². The highest BCUT2D eigenvalue weighted by atomic mass is 16.5. The Morgan fingerprint density at radius 3 is 2.58 bits per heavy atom. The molecule has 4 nitrogen and oxygen atoms in total. The molecule has 3 saturated carbocycles. The van der Waals surface area contributed by atoms with Crippen LogP contribution in [0.4, 0.5) is 0 Å². The van der Waals surface area contributed by atoms with Crippen LogP contribution >= 0.6 is 0 Å². The molecule has 24 heavy (non-hydrogen) atoms. The zero-order chi connectivity index (χ0) is 16.3. The third-order valence-electron chi connectivity index (χ3n) is 7.96. The number of hydrogen-bond acceptors (Lipinski definition) is 3. The lowest BCUT2D eigenvalue weighted by Crippen LogP contribution is -2.46. The molecular weight excluding hydrogens is 300 g/mol. The molecule has 5 rings (SSSR count). The van der Waals surface area contributed by atoms with Crippen molar-refractivity contribution in [2.24, 2.45) is 35.5 Å². The molecule has 1 aromatic rings. The van der Waals surface area contributed by atoms with Gasteiger partial charge in [-0.1, -0.05) is 0 Å². The van der Waals surface area contributed by atoms with Crippen LogP contribution in [0.3, 0.4) is 0 Å². The molecule has 1 aliphatic heterocycles. The first-order valence-electron chi connectivity index (χ1n) is 9.87. The molecule has 0 saturated heterocycles. The lowest BCUT2D eigenvalue weighted by Gasteiger charge is -2.52. The van der Waals surface area contributed by atoms with Crippen molar-refractivity contribution in [3.63, 3.8) is 0 Å². The number of methoxy groups -OCH3 is 1. The zero-order valence-corrected chi connectivity index (χ0v) is 14.6. The van der Waals surface area contributed by atoms with Crippen LogP contribution in [-0.2, 0) is 16.0 Å². The van der Waals surface area contributed by atoms with E-state index in [1.165, 1.54) is 44.3 Å². The molecule has 130 valence electrons. The maximum absolute atomic E-state index is 12.1. The molecule has 0 N–H and O–H groups in total. The molecule has 0 radical (unpaired) electrons. The molecule has 0 amide bonds. The second kappa shape index (κ2) is 5.60. The highest BCUT2D eigenvalue weighted by molar-refractivity contribution is 5.73. The van der Waals surface area contributed by atoms with E-state index in [2.05, 4.69) is 15.7 Å². The summed E-state index contributed by atoms with van der Waals surface area (Å²) in [5, 5.41) is 0. The third-order valence-corrected chi connectivity index (χ3v) is 7.96. The number of aromatic nitrogens is 2. The standard InChI is InChI=1S/C20H28N2O2/c1-24-20(23)17-5-4-12-13-6-8-18-16(14(13)2-3-15(12)17)7-9-19-21-10-11-22(18)19/h10-18H,2-9H2,1H3/t12-,13-,14-,15-,16+,17+,18?/m0/s1. The second-order valence-electron chi connectivity index (χ2n) is 8.54. The van der Waals surface area contributed by atoms with E-state index in [0.717, 1.165) is 36.5 Å². The Labute approximate surface area is 144 Å². The molecule has 4 aliphatic rings. The van der Waals surface area contributed by atoms with Crippen LogP contribution in [0.25, 0.3) is 0 Å². The van der Waals surface area contributed by atoms with Crippen molar-refractivity contribution in [2.45, 2.75) is 57.4 Å². The van der Waals surface area contributed by atoms with Gasteiger partial charge in [-0.2, -0.15) is 0 Å². The number of hydrogen-bond donors (Lipinski definition) is 0. The van der Waals surface area contributed by atoms with Crippen LogP contribution in [0.2, 0.25) is 0 Å². The summed E-state index contributed by atoms with van der Waals surface area (Å²) in [6.45, 7) is 0. The topological polar surface area (TPSA) is 44.1 Å². The first-order chi connectivity index (χ1) is 11.8. The predicted octanol–water partition coefficient (Wildman–Crippen LogP) is 3.62. The van der Waals surface area contributed by atoms with Crippen molar-refractivity contribution in [3.05, 3.63) is 18.2 Å². The van der Waals surface area contributed by atoms with Gasteiger partial charge in [0.2, 0.25) is 0 Å². The fourth-order valence-corrected chi connectivity index (χ4v) is 7.12. The molecule has 0 spiro atoms. The summed E-state index contributed by atoms with van der Waals surface area (Å²) in [6, 6.07) is 0.687. The van der Waals surface area contributed by atoms with Crippen LogP contribution in [0.5, 0.6) is 0 Å². The Bertz CT molecular complexity index is 639. The maximum Gasteiger partial charge on any atom is 0.308 e. The van der Waals surface area contributed by atoms with E-state index in [-0.39, 0.29) is 11.9 Å². The Balaban J connectivity index is 1.38. The van der Waals surface area contributed by atoms with Gasteiger partial charge in [0.05, 0.1) is 13.0 Å². The van der Waals surface area contributed by atoms with Crippen LogP contribution in [-0.4, -0.2) is 22.6 Å². The molecule has 3 fully saturated rings. The summed E-state index contributed by atoms with van der Waals surface area (Å²) in [7, 11) is 1.55. The SMILES string of the molecule is COC(=O)[C@@H]1CC[C@H]2[C@@H]3CCC4[C@H](CCc5nccn54)[C@H]3CC[C@@H]21. The molecular formula is C20H28N2O2. The van der Waals surface area contributed by atoms with Gasteiger partial charge in [0, 0.05) is 24.9 Å². The number of fused-ring (bicyclic) bond motifs is 7. The number of ether oxygens (including phenoxy) is 1. The predicted molar refractivity (Wildman–Crippen MR) is 90.2 cm³/mol. The summed E-state index contributed by atoms with van der Waals surface area (Å²) < 4.78 is 7.57. The molecule has 1 unspecified atom stereocenters. The highest BCUT2D eigenvalue weighted by Crippen LogP contribution is 2.59. The van der Waals surface area contributed by atoms with E-state index in [1.807, 2.05) is 6.20 Å². The summed E-state index contributed by atoms with van der Waals surface area (Å²) in [6.07, 6.45) is 14.2. The van der Waals surface area contributed by atoms with Gasteiger partial charge >= 0.3 is 5.97 Å². The van der Waals surface area contributed by atoms with Gasteiger partial charge in [-0.05, 0) is 74.5 Å². The summed E-state index contributed by atoms with van der Waals surface area (Å²) in [4.78, 5) is 16.7. The maximum atomic E-state index is 12.1. The Hall–Kier alpha value is -1.32. The van der Waals surface area contributed by atoms with Crippen molar-refractivity contribution in [2.75, 3.05) is 7.11 Å². The first-order valence-corrected chi connectivity index (χ1v) is 9.87. The third kappa shape index (κ3) is 2.04. The van der Waals surface area contributed by atoms with Gasteiger partial charge in [0.1, 0.15) is 5.82 Å². The second-order valence-corrected chi connectivity index (χ2v) is 8.54. The van der Waals surface area contributed by atoms with E-state index >= 15 is 0 Å². The zero-order valence-electron chi connectivity index (χ0n) is 14.6. The molecule has 1 aromatic heterocycles. The van der Waals surface area contributed by atoms with Gasteiger partial charge in [-0.25, -0.2) is 4.98 Å². The van der Waals surface area contributed by atoms with E-state index in [9.17, 15) is 4.79 Å². The minimum Gasteiger partial charge on any atom is -0.469 e. The number of imidazole rings is 1. The van der Waals surface area contributed by atoms with E-state index in [0.29, 0.717) is 12.0 Å². The van der Waals surface area contributed by atoms with Crippen LogP contribution in [0.15, 0.2) is 12.4 Å². The number of aryl methyl sites for hydroxylation is 1. The van der Waals surface area contributed by atoms with Gasteiger partial charge in [0.15, 0.2) is 0 Å². The van der Waals surface area contributed by atoms with Gasteiger partial charge in [0.25, 0.3) is 0 Å². The lowest BCUT2D eigenvalue weighted by atomic mass is 9.56. The largest absolute Gasteiger partial charge is 0.469 e. The Morgan fingerprint density at radius 2 is 1.71 bits per heavy atom. The van der Waals surface area contributed by atoms with Crippen molar-refractivity contribution in [1.29, 1.82) is 0 Å². The fraction of sp³-hybridized carbons (Fsp3) is 0.800. The number of carbonyl (C=O) groups is 1. The summed E-state index contributed by atoms with van der Waals surface area (Å²) >= 11 is 0. The van der Waals surface area contributed by atoms with Crippen molar-refractivity contribution in [3.8, 4) is 0 Å². The van der Waals surface area contributed by atoms with Gasteiger partial charge in [-0.3, -0.25) is 4.79 Å². The number of carbonyl (C=O) groups excluding carboxylic acids is 1. The van der Waals surface area contributed by atoms with Gasteiger partial charge < -0.3 is 9.30 Å². The Morgan fingerprint density at radius 1 is 1.00 bits per heavy atom. The smallest absolute Gasteiger partial charge is 0.308 e. The number of nitrogens with zero attached hydrogens (tertiary/aromatic N) is 2. The molecule has 0 bridgehead atoms. The van der Waals surface area contributed by atoms with Gasteiger partial charge in [-0.15, -0.1) is 0 Å². The van der Waals surface area contributed by atoms with Crippen LogP contribution in [0.1, 0.15) is 56.8 Å².